The lowest BCUT2D eigenvalue weighted by Gasteiger charge is -2.05. The lowest BCUT2D eigenvalue weighted by atomic mass is 10.1. The van der Waals surface area contributed by atoms with Gasteiger partial charge in [0.25, 0.3) is 5.91 Å². The number of primary amides is 1. The number of rotatable bonds is 2. The molecule has 3 nitrogen and oxygen atoms in total. The standard InChI is InChI=1S/C11H10N2OS/c12-11(14)8-5-7-3-1-2-4-9(7)13-10(8)6-15/h1-5,15H,6H2,(H2,12,14). The van der Waals surface area contributed by atoms with Crippen molar-refractivity contribution in [3.8, 4) is 0 Å². The van der Waals surface area contributed by atoms with Crippen molar-refractivity contribution in [3.05, 3.63) is 41.6 Å². The molecule has 2 rings (SSSR count). The van der Waals surface area contributed by atoms with E-state index in [2.05, 4.69) is 17.6 Å². The number of amides is 1. The van der Waals surface area contributed by atoms with E-state index in [9.17, 15) is 4.79 Å². The zero-order valence-corrected chi connectivity index (χ0v) is 8.87. The summed E-state index contributed by atoms with van der Waals surface area (Å²) in [4.78, 5) is 15.5. The van der Waals surface area contributed by atoms with Gasteiger partial charge in [-0.2, -0.15) is 12.6 Å². The molecule has 1 amide bonds. The molecule has 15 heavy (non-hydrogen) atoms. The van der Waals surface area contributed by atoms with E-state index in [4.69, 9.17) is 5.73 Å². The lowest BCUT2D eigenvalue weighted by Crippen LogP contribution is -2.14. The van der Waals surface area contributed by atoms with Crippen LogP contribution in [-0.4, -0.2) is 10.9 Å². The number of thiol groups is 1. The fourth-order valence-corrected chi connectivity index (χ4v) is 1.73. The molecule has 1 heterocycles. The Morgan fingerprint density at radius 3 is 2.80 bits per heavy atom. The van der Waals surface area contributed by atoms with Gasteiger partial charge in [0.1, 0.15) is 0 Å². The number of hydrogen-bond acceptors (Lipinski definition) is 3. The smallest absolute Gasteiger partial charge is 0.250 e. The first-order valence-electron chi connectivity index (χ1n) is 4.51. The van der Waals surface area contributed by atoms with E-state index in [1.54, 1.807) is 6.07 Å². The van der Waals surface area contributed by atoms with Crippen LogP contribution in [0.15, 0.2) is 30.3 Å². The summed E-state index contributed by atoms with van der Waals surface area (Å²) in [6, 6.07) is 9.36. The fraction of sp³-hybridized carbons (Fsp3) is 0.0909. The second kappa shape index (κ2) is 3.90. The third-order valence-electron chi connectivity index (χ3n) is 2.22. The van der Waals surface area contributed by atoms with E-state index < -0.39 is 5.91 Å². The topological polar surface area (TPSA) is 56.0 Å². The molecular weight excluding hydrogens is 208 g/mol. The van der Waals surface area contributed by atoms with Crippen molar-refractivity contribution >= 4 is 29.4 Å². The van der Waals surface area contributed by atoms with Crippen LogP contribution >= 0.6 is 12.6 Å². The summed E-state index contributed by atoms with van der Waals surface area (Å²) in [5.41, 5.74) is 7.20. The Labute approximate surface area is 92.7 Å². The Morgan fingerprint density at radius 1 is 1.40 bits per heavy atom. The Morgan fingerprint density at radius 2 is 2.13 bits per heavy atom. The maximum Gasteiger partial charge on any atom is 0.250 e. The first-order valence-corrected chi connectivity index (χ1v) is 5.15. The molecular formula is C11H10N2OS. The third-order valence-corrected chi connectivity index (χ3v) is 2.52. The van der Waals surface area contributed by atoms with Gasteiger partial charge < -0.3 is 5.73 Å². The number of para-hydroxylation sites is 1. The van der Waals surface area contributed by atoms with Gasteiger partial charge in [0.2, 0.25) is 0 Å². The van der Waals surface area contributed by atoms with Crippen molar-refractivity contribution in [2.45, 2.75) is 5.75 Å². The van der Waals surface area contributed by atoms with Crippen LogP contribution in [0.2, 0.25) is 0 Å². The predicted molar refractivity (Wildman–Crippen MR) is 63.0 cm³/mol. The highest BCUT2D eigenvalue weighted by atomic mass is 32.1. The van der Waals surface area contributed by atoms with E-state index in [0.29, 0.717) is 17.0 Å². The van der Waals surface area contributed by atoms with E-state index in [1.807, 2.05) is 24.3 Å². The summed E-state index contributed by atoms with van der Waals surface area (Å²) in [6.45, 7) is 0. The summed E-state index contributed by atoms with van der Waals surface area (Å²) in [7, 11) is 0. The Bertz CT molecular complexity index is 525. The minimum absolute atomic E-state index is 0.406. The molecule has 1 aromatic carbocycles. The molecule has 0 radical (unpaired) electrons. The Kier molecular flexibility index (Phi) is 2.60. The number of carbonyl (C=O) groups excluding carboxylic acids is 1. The number of fused-ring (bicyclic) bond motifs is 1. The van der Waals surface area contributed by atoms with Crippen LogP contribution in [0.5, 0.6) is 0 Å². The van der Waals surface area contributed by atoms with Gasteiger partial charge >= 0.3 is 0 Å². The fourth-order valence-electron chi connectivity index (χ4n) is 1.49. The summed E-state index contributed by atoms with van der Waals surface area (Å²) >= 11 is 4.13. The van der Waals surface area contributed by atoms with Crippen LogP contribution in [0.1, 0.15) is 16.1 Å². The van der Waals surface area contributed by atoms with Crippen LogP contribution in [-0.2, 0) is 5.75 Å². The number of carbonyl (C=O) groups is 1. The van der Waals surface area contributed by atoms with E-state index in [1.165, 1.54) is 0 Å². The van der Waals surface area contributed by atoms with Gasteiger partial charge in [0.15, 0.2) is 0 Å². The van der Waals surface area contributed by atoms with Crippen molar-refractivity contribution in [1.29, 1.82) is 0 Å². The maximum absolute atomic E-state index is 11.2. The summed E-state index contributed by atoms with van der Waals surface area (Å²) in [5, 5.41) is 0.914. The monoisotopic (exact) mass is 218 g/mol. The molecule has 0 spiro atoms. The highest BCUT2D eigenvalue weighted by Gasteiger charge is 2.09. The minimum atomic E-state index is -0.461. The molecule has 0 unspecified atom stereocenters. The zero-order valence-electron chi connectivity index (χ0n) is 7.97. The van der Waals surface area contributed by atoms with Gasteiger partial charge in [-0.25, -0.2) is 0 Å². The summed E-state index contributed by atoms with van der Waals surface area (Å²) < 4.78 is 0. The molecule has 0 saturated heterocycles. The van der Waals surface area contributed by atoms with Crippen LogP contribution in [0.3, 0.4) is 0 Å². The molecule has 0 aliphatic heterocycles. The second-order valence-corrected chi connectivity index (χ2v) is 3.51. The molecule has 2 aromatic rings. The van der Waals surface area contributed by atoms with Gasteiger partial charge in [-0.15, -0.1) is 0 Å². The van der Waals surface area contributed by atoms with E-state index in [0.717, 1.165) is 10.9 Å². The SMILES string of the molecule is NC(=O)c1cc2ccccc2nc1CS. The molecule has 0 saturated carbocycles. The first-order chi connectivity index (χ1) is 7.22. The number of nitrogens with two attached hydrogens (primary N) is 1. The van der Waals surface area contributed by atoms with Gasteiger partial charge in [-0.3, -0.25) is 9.78 Å². The van der Waals surface area contributed by atoms with Crippen molar-refractivity contribution in [3.63, 3.8) is 0 Å². The van der Waals surface area contributed by atoms with Gasteiger partial charge in [0.05, 0.1) is 16.8 Å². The van der Waals surface area contributed by atoms with Crippen molar-refractivity contribution < 1.29 is 4.79 Å². The third kappa shape index (κ3) is 1.80. The van der Waals surface area contributed by atoms with Crippen LogP contribution in [0.25, 0.3) is 10.9 Å². The first kappa shape index (κ1) is 9.98. The van der Waals surface area contributed by atoms with Crippen molar-refractivity contribution in [2.75, 3.05) is 0 Å². The average Bonchev–Trinajstić information content (AvgIpc) is 2.27. The number of hydrogen-bond donors (Lipinski definition) is 2. The van der Waals surface area contributed by atoms with Crippen molar-refractivity contribution in [1.82, 2.24) is 4.98 Å². The van der Waals surface area contributed by atoms with E-state index >= 15 is 0 Å². The summed E-state index contributed by atoms with van der Waals surface area (Å²) in [6.07, 6.45) is 0. The quantitative estimate of drug-likeness (QED) is 0.755. The summed E-state index contributed by atoms with van der Waals surface area (Å²) in [5.74, 6) is -0.0550. The molecule has 76 valence electrons. The molecule has 0 atom stereocenters. The number of nitrogens with zero attached hydrogens (tertiary/aromatic N) is 1. The Balaban J connectivity index is 2.74. The largest absolute Gasteiger partial charge is 0.366 e. The van der Waals surface area contributed by atoms with Crippen molar-refractivity contribution in [2.24, 2.45) is 5.73 Å². The maximum atomic E-state index is 11.2. The Hall–Kier alpha value is -1.55. The number of pyridine rings is 1. The molecule has 0 fully saturated rings. The average molecular weight is 218 g/mol. The molecule has 2 N–H and O–H groups in total. The predicted octanol–water partition coefficient (Wildman–Crippen LogP) is 1.76. The molecule has 0 aliphatic carbocycles. The lowest BCUT2D eigenvalue weighted by molar-refractivity contribution is 0.0999. The highest BCUT2D eigenvalue weighted by Crippen LogP contribution is 2.17. The van der Waals surface area contributed by atoms with Crippen LogP contribution in [0.4, 0.5) is 0 Å². The molecule has 4 heteroatoms. The second-order valence-electron chi connectivity index (χ2n) is 3.20. The van der Waals surface area contributed by atoms with Gasteiger partial charge in [-0.05, 0) is 12.1 Å². The molecule has 0 bridgehead atoms. The van der Waals surface area contributed by atoms with Crippen LogP contribution in [0, 0.1) is 0 Å². The number of aromatic nitrogens is 1. The van der Waals surface area contributed by atoms with Crippen LogP contribution < -0.4 is 5.73 Å². The molecule has 1 aromatic heterocycles. The normalized spacial score (nSPS) is 10.5. The number of benzene rings is 1. The van der Waals surface area contributed by atoms with E-state index in [-0.39, 0.29) is 0 Å². The zero-order chi connectivity index (χ0) is 10.8. The molecule has 0 aliphatic rings. The highest BCUT2D eigenvalue weighted by molar-refractivity contribution is 7.79. The van der Waals surface area contributed by atoms with Gasteiger partial charge in [-0.1, -0.05) is 18.2 Å². The van der Waals surface area contributed by atoms with Gasteiger partial charge in [0, 0.05) is 11.1 Å². The minimum Gasteiger partial charge on any atom is -0.366 e.